The van der Waals surface area contributed by atoms with Gasteiger partial charge in [-0.15, -0.1) is 11.3 Å². The minimum Gasteiger partial charge on any atom is -0.309 e. The molecular weight excluding hydrogens is 731 g/mol. The summed E-state index contributed by atoms with van der Waals surface area (Å²) >= 11 is 1.95. The van der Waals surface area contributed by atoms with Gasteiger partial charge in [-0.25, -0.2) is 0 Å². The van der Waals surface area contributed by atoms with Crippen molar-refractivity contribution in [3.05, 3.63) is 222 Å². The van der Waals surface area contributed by atoms with Crippen molar-refractivity contribution >= 4 is 59.3 Å². The Kier molecular flexibility index (Phi) is 7.34. The molecule has 9 aromatic carbocycles. The summed E-state index contributed by atoms with van der Waals surface area (Å²) in [6, 6.07) is 72.7. The molecule has 0 radical (unpaired) electrons. The van der Waals surface area contributed by atoms with Crippen LogP contribution in [0.2, 0.25) is 0 Å². The molecule has 280 valence electrons. The maximum atomic E-state index is 2.52. The minimum atomic E-state index is -0.428. The molecule has 2 aliphatic carbocycles. The summed E-state index contributed by atoms with van der Waals surface area (Å²) < 4.78 is 2.67. The van der Waals surface area contributed by atoms with Crippen LogP contribution in [-0.2, 0) is 10.8 Å². The third-order valence-corrected chi connectivity index (χ3v) is 14.3. The molecule has 0 amide bonds. The van der Waals surface area contributed by atoms with Gasteiger partial charge >= 0.3 is 0 Å². The van der Waals surface area contributed by atoms with E-state index in [0.717, 1.165) is 11.4 Å². The molecule has 0 bridgehead atoms. The number of hydrogen-bond acceptors (Lipinski definition) is 2. The van der Waals surface area contributed by atoms with Crippen LogP contribution in [0.3, 0.4) is 0 Å². The number of fused-ring (bicyclic) bond motifs is 15. The van der Waals surface area contributed by atoms with E-state index in [-0.39, 0.29) is 5.41 Å². The number of anilines is 3. The number of thiophene rings is 1. The van der Waals surface area contributed by atoms with E-state index < -0.39 is 5.41 Å². The minimum absolute atomic E-state index is 0.0204. The molecule has 59 heavy (non-hydrogen) atoms. The van der Waals surface area contributed by atoms with Gasteiger partial charge in [-0.2, -0.15) is 0 Å². The highest BCUT2D eigenvalue weighted by Gasteiger charge is 2.51. The molecule has 1 nitrogen and oxygen atoms in total. The Morgan fingerprint density at radius 2 is 0.966 bits per heavy atom. The lowest BCUT2D eigenvalue weighted by atomic mass is 9.70. The van der Waals surface area contributed by atoms with E-state index >= 15 is 0 Å². The average molecular weight is 772 g/mol. The fourth-order valence-electron chi connectivity index (χ4n) is 10.4. The fourth-order valence-corrected chi connectivity index (χ4v) is 12.0. The fraction of sp³-hybridized carbons (Fsp3) is 0.0877. The van der Waals surface area contributed by atoms with Crippen molar-refractivity contribution in [3.8, 4) is 33.4 Å². The highest BCUT2D eigenvalue weighted by atomic mass is 32.1. The van der Waals surface area contributed by atoms with Crippen molar-refractivity contribution in [1.82, 2.24) is 0 Å². The summed E-state index contributed by atoms with van der Waals surface area (Å²) in [4.78, 5) is 2.52. The van der Waals surface area contributed by atoms with Crippen LogP contribution >= 0.6 is 11.3 Å². The maximum absolute atomic E-state index is 2.52. The second-order valence-corrected chi connectivity index (χ2v) is 18.2. The molecule has 1 heterocycles. The predicted molar refractivity (Wildman–Crippen MR) is 252 cm³/mol. The van der Waals surface area contributed by atoms with Gasteiger partial charge in [0.05, 0.1) is 15.8 Å². The lowest BCUT2D eigenvalue weighted by Gasteiger charge is -2.32. The second-order valence-electron chi connectivity index (χ2n) is 17.2. The van der Waals surface area contributed by atoms with Gasteiger partial charge in [0, 0.05) is 26.8 Å². The first-order chi connectivity index (χ1) is 28.9. The van der Waals surface area contributed by atoms with Crippen LogP contribution < -0.4 is 4.90 Å². The molecule has 0 saturated carbocycles. The third-order valence-electron chi connectivity index (χ3n) is 13.0. The Hall–Kier alpha value is -6.74. The highest BCUT2D eigenvalue weighted by Crippen LogP contribution is 2.63. The standard InChI is InChI=1S/C57H41NS/c1-56(2,3)51-34-38-18-7-8-19-41(38)53-46-23-15-27-52(54(46)59-55(51)53)58(39-30-28-37(29-31-39)36-16-5-4-6-17-36)40-32-33-45-44-22-11-14-26-49(44)57(50(45)35-40)47-24-12-9-20-42(47)43-21-10-13-25-48(43)57/h4-35H,1-3H3. The molecule has 12 rings (SSSR count). The summed E-state index contributed by atoms with van der Waals surface area (Å²) in [6.45, 7) is 7.04. The third kappa shape index (κ3) is 4.84. The number of nitrogens with zero attached hydrogens (tertiary/aromatic N) is 1. The Balaban J connectivity index is 1.15. The van der Waals surface area contributed by atoms with E-state index in [2.05, 4.69) is 220 Å². The summed E-state index contributed by atoms with van der Waals surface area (Å²) in [5, 5.41) is 5.27. The van der Waals surface area contributed by atoms with Gasteiger partial charge in [-0.3, -0.25) is 0 Å². The molecule has 2 aliphatic rings. The molecule has 0 fully saturated rings. The first kappa shape index (κ1) is 34.3. The molecule has 0 aliphatic heterocycles. The molecule has 0 N–H and O–H groups in total. The lowest BCUT2D eigenvalue weighted by Crippen LogP contribution is -2.26. The molecule has 0 unspecified atom stereocenters. The summed E-state index contributed by atoms with van der Waals surface area (Å²) in [6.07, 6.45) is 0. The van der Waals surface area contributed by atoms with E-state index in [4.69, 9.17) is 0 Å². The van der Waals surface area contributed by atoms with Gasteiger partial charge in [0.2, 0.25) is 0 Å². The molecular formula is C57H41NS. The Bertz CT molecular complexity index is 3240. The first-order valence-corrected chi connectivity index (χ1v) is 21.5. The van der Waals surface area contributed by atoms with Crippen LogP contribution in [0.1, 0.15) is 48.6 Å². The largest absolute Gasteiger partial charge is 0.309 e. The normalized spacial score (nSPS) is 13.5. The smallest absolute Gasteiger partial charge is 0.0726 e. The van der Waals surface area contributed by atoms with Crippen molar-refractivity contribution < 1.29 is 0 Å². The quantitative estimate of drug-likeness (QED) is 0.172. The van der Waals surface area contributed by atoms with Gasteiger partial charge in [0.25, 0.3) is 0 Å². The Labute approximate surface area is 349 Å². The predicted octanol–water partition coefficient (Wildman–Crippen LogP) is 16.0. The van der Waals surface area contributed by atoms with Crippen LogP contribution in [0.15, 0.2) is 194 Å². The van der Waals surface area contributed by atoms with Crippen LogP contribution in [0, 0.1) is 0 Å². The van der Waals surface area contributed by atoms with Crippen molar-refractivity contribution in [1.29, 1.82) is 0 Å². The summed E-state index contributed by atoms with van der Waals surface area (Å²) in [7, 11) is 0. The van der Waals surface area contributed by atoms with Gasteiger partial charge in [-0.1, -0.05) is 178 Å². The van der Waals surface area contributed by atoms with Crippen molar-refractivity contribution in [3.63, 3.8) is 0 Å². The van der Waals surface area contributed by atoms with Crippen molar-refractivity contribution in [2.75, 3.05) is 4.90 Å². The lowest BCUT2D eigenvalue weighted by molar-refractivity contribution is 0.597. The highest BCUT2D eigenvalue weighted by molar-refractivity contribution is 7.26. The van der Waals surface area contributed by atoms with Crippen molar-refractivity contribution in [2.45, 2.75) is 31.6 Å². The molecule has 2 heteroatoms. The van der Waals surface area contributed by atoms with Crippen LogP contribution in [0.25, 0.3) is 64.3 Å². The molecule has 1 aromatic heterocycles. The topological polar surface area (TPSA) is 3.24 Å². The van der Waals surface area contributed by atoms with Crippen molar-refractivity contribution in [2.24, 2.45) is 0 Å². The van der Waals surface area contributed by atoms with Gasteiger partial charge < -0.3 is 4.90 Å². The van der Waals surface area contributed by atoms with E-state index in [0.29, 0.717) is 0 Å². The Morgan fingerprint density at radius 3 is 1.63 bits per heavy atom. The molecule has 0 saturated heterocycles. The number of benzene rings is 9. The number of rotatable bonds is 4. The van der Waals surface area contributed by atoms with Gasteiger partial charge in [-0.05, 0) is 114 Å². The SMILES string of the molecule is CC(C)(C)c1cc2ccccc2c2c1sc1c(N(c3ccc(-c4ccccc4)cc3)c3ccc4c(c3)C3(c5ccccc5-c5ccccc53)c3ccccc3-4)cccc12. The van der Waals surface area contributed by atoms with Crippen LogP contribution in [-0.4, -0.2) is 0 Å². The molecule has 10 aromatic rings. The van der Waals surface area contributed by atoms with Gasteiger partial charge in [0.1, 0.15) is 0 Å². The summed E-state index contributed by atoms with van der Waals surface area (Å²) in [5.74, 6) is 0. The zero-order valence-electron chi connectivity index (χ0n) is 33.3. The van der Waals surface area contributed by atoms with E-state index in [1.54, 1.807) is 0 Å². The van der Waals surface area contributed by atoms with Crippen LogP contribution in [0.5, 0.6) is 0 Å². The number of hydrogen-bond donors (Lipinski definition) is 0. The molecule has 1 spiro atoms. The van der Waals surface area contributed by atoms with E-state index in [1.165, 1.54) is 97.8 Å². The first-order valence-electron chi connectivity index (χ1n) is 20.7. The van der Waals surface area contributed by atoms with E-state index in [9.17, 15) is 0 Å². The average Bonchev–Trinajstić information content (AvgIpc) is 3.92. The van der Waals surface area contributed by atoms with E-state index in [1.807, 2.05) is 11.3 Å². The maximum Gasteiger partial charge on any atom is 0.0726 e. The Morgan fingerprint density at radius 1 is 0.424 bits per heavy atom. The van der Waals surface area contributed by atoms with Crippen LogP contribution in [0.4, 0.5) is 17.1 Å². The monoisotopic (exact) mass is 771 g/mol. The zero-order chi connectivity index (χ0) is 39.5. The zero-order valence-corrected chi connectivity index (χ0v) is 34.1. The summed E-state index contributed by atoms with van der Waals surface area (Å²) in [5.41, 5.74) is 17.5. The second kappa shape index (κ2) is 12.6. The van der Waals surface area contributed by atoms with Gasteiger partial charge in [0.15, 0.2) is 0 Å². The molecule has 0 atom stereocenters.